The number of hydrogen-bond acceptors (Lipinski definition) is 6. The van der Waals surface area contributed by atoms with Gasteiger partial charge < -0.3 is 15.9 Å². The van der Waals surface area contributed by atoms with Crippen LogP contribution in [0.1, 0.15) is 17.3 Å². The first kappa shape index (κ1) is 19.0. The molecule has 0 heterocycles. The minimum absolute atomic E-state index is 0. The van der Waals surface area contributed by atoms with Crippen LogP contribution in [0.25, 0.3) is 0 Å². The van der Waals surface area contributed by atoms with Crippen LogP contribution >= 0.6 is 12.4 Å². The summed E-state index contributed by atoms with van der Waals surface area (Å²) in [7, 11) is -3.45. The lowest BCUT2D eigenvalue weighted by Crippen LogP contribution is -2.13. The molecule has 0 aliphatic rings. The van der Waals surface area contributed by atoms with E-state index in [1.165, 1.54) is 18.2 Å². The second-order valence-corrected chi connectivity index (χ2v) is 5.53. The molecule has 0 saturated carbocycles. The maximum Gasteiger partial charge on any atom is 0.338 e. The van der Waals surface area contributed by atoms with Crippen LogP contribution < -0.4 is 15.9 Å². The summed E-state index contributed by atoms with van der Waals surface area (Å²) in [6, 6.07) is 4.34. The Morgan fingerprint density at radius 1 is 1.43 bits per heavy atom. The zero-order chi connectivity index (χ0) is 15.2. The van der Waals surface area contributed by atoms with Gasteiger partial charge in [-0.2, -0.15) is 5.10 Å². The van der Waals surface area contributed by atoms with Crippen LogP contribution in [-0.4, -0.2) is 33.6 Å². The van der Waals surface area contributed by atoms with Crippen LogP contribution in [0.4, 0.5) is 11.4 Å². The summed E-state index contributed by atoms with van der Waals surface area (Å²) in [4.78, 5) is 11.6. The van der Waals surface area contributed by atoms with Gasteiger partial charge in [-0.1, -0.05) is 0 Å². The number of nitrogens with two attached hydrogens (primary N) is 1. The van der Waals surface area contributed by atoms with E-state index in [4.69, 9.17) is 10.6 Å². The molecule has 0 amide bonds. The normalized spacial score (nSPS) is 10.8. The molecule has 0 aliphatic heterocycles. The first-order valence-corrected chi connectivity index (χ1v) is 7.53. The zero-order valence-electron chi connectivity index (χ0n) is 11.5. The van der Waals surface area contributed by atoms with Gasteiger partial charge in [0.25, 0.3) is 0 Å². The Morgan fingerprint density at radius 3 is 2.62 bits per heavy atom. The molecule has 10 heteroatoms. The minimum Gasteiger partial charge on any atom is -0.462 e. The Labute approximate surface area is 129 Å². The van der Waals surface area contributed by atoms with E-state index in [1.54, 1.807) is 6.92 Å². The van der Waals surface area contributed by atoms with Crippen LogP contribution in [0.3, 0.4) is 0 Å². The molecule has 1 aromatic rings. The van der Waals surface area contributed by atoms with Gasteiger partial charge in [0, 0.05) is 0 Å². The summed E-state index contributed by atoms with van der Waals surface area (Å²) >= 11 is 0. The number of halogens is 1. The summed E-state index contributed by atoms with van der Waals surface area (Å²) in [5.74, 6) is 4.47. The van der Waals surface area contributed by atoms with E-state index in [2.05, 4.69) is 15.1 Å². The molecule has 21 heavy (non-hydrogen) atoms. The third-order valence-electron chi connectivity index (χ3n) is 2.12. The minimum atomic E-state index is -3.45. The van der Waals surface area contributed by atoms with Crippen LogP contribution in [0, 0.1) is 0 Å². The highest BCUT2D eigenvalue weighted by molar-refractivity contribution is 7.92. The average molecular weight is 337 g/mol. The van der Waals surface area contributed by atoms with Crippen molar-refractivity contribution < 1.29 is 17.9 Å². The van der Waals surface area contributed by atoms with E-state index in [1.807, 2.05) is 0 Å². The van der Waals surface area contributed by atoms with Crippen LogP contribution in [0.15, 0.2) is 23.3 Å². The third-order valence-corrected chi connectivity index (χ3v) is 2.71. The Balaban J connectivity index is 0.00000400. The van der Waals surface area contributed by atoms with Crippen molar-refractivity contribution in [1.82, 2.24) is 0 Å². The van der Waals surface area contributed by atoms with Gasteiger partial charge in [0.1, 0.15) is 6.34 Å². The fourth-order valence-electron chi connectivity index (χ4n) is 1.40. The first-order chi connectivity index (χ1) is 9.37. The number of nitrogens with one attached hydrogen (secondary N) is 2. The van der Waals surface area contributed by atoms with E-state index < -0.39 is 16.0 Å². The molecule has 0 fully saturated rings. The first-order valence-electron chi connectivity index (χ1n) is 5.64. The van der Waals surface area contributed by atoms with Gasteiger partial charge in [0.2, 0.25) is 10.0 Å². The van der Waals surface area contributed by atoms with Gasteiger partial charge in [-0.3, -0.25) is 4.72 Å². The van der Waals surface area contributed by atoms with Gasteiger partial charge in [-0.15, -0.1) is 12.4 Å². The van der Waals surface area contributed by atoms with Crippen molar-refractivity contribution in [3.8, 4) is 0 Å². The summed E-state index contributed by atoms with van der Waals surface area (Å²) in [5.41, 5.74) is 0.870. The van der Waals surface area contributed by atoms with Crippen LogP contribution in [0.2, 0.25) is 0 Å². The number of rotatable bonds is 6. The van der Waals surface area contributed by atoms with Gasteiger partial charge in [0.05, 0.1) is 29.8 Å². The summed E-state index contributed by atoms with van der Waals surface area (Å²) in [6.07, 6.45) is 2.19. The zero-order valence-corrected chi connectivity index (χ0v) is 13.1. The van der Waals surface area contributed by atoms with Crippen molar-refractivity contribution >= 4 is 46.1 Å². The van der Waals surface area contributed by atoms with Gasteiger partial charge in [-0.25, -0.2) is 13.2 Å². The van der Waals surface area contributed by atoms with Gasteiger partial charge in [0.15, 0.2) is 0 Å². The molecule has 0 saturated heterocycles. The number of sulfonamides is 1. The van der Waals surface area contributed by atoms with E-state index in [9.17, 15) is 13.2 Å². The molecule has 0 atom stereocenters. The molecule has 1 aromatic carbocycles. The molecule has 0 radical (unpaired) electrons. The van der Waals surface area contributed by atoms with E-state index in [0.717, 1.165) is 12.6 Å². The average Bonchev–Trinajstić information content (AvgIpc) is 2.36. The molecule has 0 aromatic heterocycles. The standard InChI is InChI=1S/C11H16N4O4S.ClH/c1-3-19-11(16)8-4-5-9(15-20(2,17)18)10(6-8)13-7-14-12;/h4-7,15H,3,12H2,1-2H3,(H,13,14);1H. The Bertz CT molecular complexity index is 619. The van der Waals surface area contributed by atoms with Gasteiger partial charge >= 0.3 is 5.97 Å². The van der Waals surface area contributed by atoms with Crippen molar-refractivity contribution in [3.05, 3.63) is 23.8 Å². The summed E-state index contributed by atoms with van der Waals surface area (Å²) < 4.78 is 29.7. The van der Waals surface area contributed by atoms with Crippen molar-refractivity contribution in [2.45, 2.75) is 6.92 Å². The molecule has 118 valence electrons. The molecule has 4 N–H and O–H groups in total. The lowest BCUT2D eigenvalue weighted by atomic mass is 10.2. The number of esters is 1. The number of hydrazone groups is 1. The van der Waals surface area contributed by atoms with Crippen molar-refractivity contribution in [1.29, 1.82) is 0 Å². The number of benzene rings is 1. The lowest BCUT2D eigenvalue weighted by Gasteiger charge is -2.11. The Kier molecular flexibility index (Phi) is 7.53. The number of nitrogens with zero attached hydrogens (tertiary/aromatic N) is 1. The Morgan fingerprint density at radius 2 is 2.10 bits per heavy atom. The lowest BCUT2D eigenvalue weighted by molar-refractivity contribution is 0.0526. The number of hydrogen-bond donors (Lipinski definition) is 3. The van der Waals surface area contributed by atoms with Crippen LogP contribution in [0.5, 0.6) is 0 Å². The summed E-state index contributed by atoms with van der Waals surface area (Å²) in [5, 5.41) is 5.92. The fourth-order valence-corrected chi connectivity index (χ4v) is 1.98. The molecule has 1 rings (SSSR count). The predicted octanol–water partition coefficient (Wildman–Crippen LogP) is 0.970. The molecule has 0 unspecified atom stereocenters. The largest absolute Gasteiger partial charge is 0.462 e. The monoisotopic (exact) mass is 336 g/mol. The number of carbonyl (C=O) groups is 1. The second-order valence-electron chi connectivity index (χ2n) is 3.78. The number of ether oxygens (including phenoxy) is 1. The predicted molar refractivity (Wildman–Crippen MR) is 84.4 cm³/mol. The molecule has 0 spiro atoms. The molecular formula is C11H17ClN4O4S. The van der Waals surface area contributed by atoms with Crippen molar-refractivity contribution in [2.75, 3.05) is 22.9 Å². The Hall–Kier alpha value is -2.00. The van der Waals surface area contributed by atoms with E-state index >= 15 is 0 Å². The quantitative estimate of drug-likeness (QED) is 0.234. The third kappa shape index (κ3) is 6.32. The SMILES string of the molecule is CCOC(=O)c1ccc(NS(C)(=O)=O)c(NC=NN)c1.Cl. The fraction of sp³-hybridized carbons (Fsp3) is 0.273. The summed E-state index contributed by atoms with van der Waals surface area (Å²) in [6.45, 7) is 1.94. The molecule has 0 bridgehead atoms. The number of carbonyl (C=O) groups excluding carboxylic acids is 1. The molecule has 0 aliphatic carbocycles. The van der Waals surface area contributed by atoms with E-state index in [0.29, 0.717) is 5.69 Å². The second kappa shape index (κ2) is 8.32. The highest BCUT2D eigenvalue weighted by Gasteiger charge is 2.12. The van der Waals surface area contributed by atoms with E-state index in [-0.39, 0.29) is 30.3 Å². The number of anilines is 2. The smallest absolute Gasteiger partial charge is 0.338 e. The maximum absolute atomic E-state index is 11.6. The van der Waals surface area contributed by atoms with Crippen molar-refractivity contribution in [2.24, 2.45) is 10.9 Å². The molecule has 8 nitrogen and oxygen atoms in total. The van der Waals surface area contributed by atoms with Crippen molar-refractivity contribution in [3.63, 3.8) is 0 Å². The molecular weight excluding hydrogens is 320 g/mol. The van der Waals surface area contributed by atoms with Gasteiger partial charge in [-0.05, 0) is 25.1 Å². The topological polar surface area (TPSA) is 123 Å². The highest BCUT2D eigenvalue weighted by atomic mass is 35.5. The van der Waals surface area contributed by atoms with Crippen LogP contribution in [-0.2, 0) is 14.8 Å². The maximum atomic E-state index is 11.6. The highest BCUT2D eigenvalue weighted by Crippen LogP contribution is 2.24.